The van der Waals surface area contributed by atoms with E-state index in [-0.39, 0.29) is 0 Å². The maximum atomic E-state index is 11.4. The summed E-state index contributed by atoms with van der Waals surface area (Å²) in [4.78, 5) is 22.1. The lowest BCUT2D eigenvalue weighted by Crippen LogP contribution is -2.34. The Labute approximate surface area is 114 Å². The summed E-state index contributed by atoms with van der Waals surface area (Å²) >= 11 is 3.18. The number of alkyl carbamates (subject to hydrolysis) is 1. The average molecular weight is 318 g/mol. The number of aromatic nitrogens is 2. The zero-order valence-corrected chi connectivity index (χ0v) is 12.2. The van der Waals surface area contributed by atoms with E-state index in [0.717, 1.165) is 0 Å². The molecule has 0 saturated carbocycles. The van der Waals surface area contributed by atoms with Gasteiger partial charge in [-0.3, -0.25) is 9.48 Å². The Balaban J connectivity index is 2.42. The number of halogens is 1. The number of nitrogens with zero attached hydrogens (tertiary/aromatic N) is 2. The Kier molecular flexibility index (Phi) is 4.89. The smallest absolute Gasteiger partial charge is 0.407 e. The molecule has 1 amide bonds. The predicted molar refractivity (Wildman–Crippen MR) is 69.6 cm³/mol. The van der Waals surface area contributed by atoms with Gasteiger partial charge < -0.3 is 10.1 Å². The van der Waals surface area contributed by atoms with Gasteiger partial charge in [0.15, 0.2) is 6.29 Å². The Morgan fingerprint density at radius 2 is 2.28 bits per heavy atom. The van der Waals surface area contributed by atoms with Crippen LogP contribution in [0.15, 0.2) is 10.7 Å². The number of hydrogen-bond donors (Lipinski definition) is 1. The molecule has 0 radical (unpaired) electrons. The van der Waals surface area contributed by atoms with Gasteiger partial charge in [-0.1, -0.05) is 0 Å². The molecule has 0 saturated heterocycles. The first-order chi connectivity index (χ1) is 8.31. The van der Waals surface area contributed by atoms with Crippen LogP contribution in [0.25, 0.3) is 0 Å². The van der Waals surface area contributed by atoms with Crippen LogP contribution in [0.4, 0.5) is 4.79 Å². The summed E-state index contributed by atoms with van der Waals surface area (Å²) in [5.41, 5.74) is -0.0693. The molecule has 0 aromatic carbocycles. The van der Waals surface area contributed by atoms with E-state index in [1.807, 2.05) is 0 Å². The molecule has 1 aromatic heterocycles. The van der Waals surface area contributed by atoms with E-state index in [9.17, 15) is 9.59 Å². The van der Waals surface area contributed by atoms with Gasteiger partial charge in [0.05, 0.1) is 6.54 Å². The molecule has 7 heteroatoms. The first-order valence-electron chi connectivity index (χ1n) is 5.47. The van der Waals surface area contributed by atoms with Crippen LogP contribution in [-0.4, -0.2) is 34.3 Å². The van der Waals surface area contributed by atoms with Gasteiger partial charge in [0.1, 0.15) is 15.9 Å². The summed E-state index contributed by atoms with van der Waals surface area (Å²) in [6, 6.07) is 1.61. The van der Waals surface area contributed by atoms with Gasteiger partial charge in [-0.2, -0.15) is 5.10 Å². The van der Waals surface area contributed by atoms with Crippen LogP contribution in [0, 0.1) is 0 Å². The zero-order valence-electron chi connectivity index (χ0n) is 10.6. The summed E-state index contributed by atoms with van der Waals surface area (Å²) in [5, 5.41) is 6.66. The highest BCUT2D eigenvalue weighted by molar-refractivity contribution is 9.10. The number of rotatable bonds is 4. The van der Waals surface area contributed by atoms with Crippen LogP contribution in [0.2, 0.25) is 0 Å². The van der Waals surface area contributed by atoms with E-state index in [4.69, 9.17) is 4.74 Å². The van der Waals surface area contributed by atoms with Crippen LogP contribution >= 0.6 is 15.9 Å². The highest BCUT2D eigenvalue weighted by Crippen LogP contribution is 2.09. The largest absolute Gasteiger partial charge is 0.444 e. The van der Waals surface area contributed by atoms with Gasteiger partial charge >= 0.3 is 6.09 Å². The molecule has 0 unspecified atom stereocenters. The first-order valence-corrected chi connectivity index (χ1v) is 6.26. The van der Waals surface area contributed by atoms with Crippen molar-refractivity contribution in [1.29, 1.82) is 0 Å². The number of carbonyl (C=O) groups excluding carboxylic acids is 2. The van der Waals surface area contributed by atoms with Crippen molar-refractivity contribution in [1.82, 2.24) is 15.1 Å². The van der Waals surface area contributed by atoms with Gasteiger partial charge in [0.2, 0.25) is 0 Å². The third kappa shape index (κ3) is 4.87. The fourth-order valence-electron chi connectivity index (χ4n) is 1.25. The number of nitrogens with one attached hydrogen (secondary N) is 1. The molecule has 1 heterocycles. The highest BCUT2D eigenvalue weighted by Gasteiger charge is 2.15. The summed E-state index contributed by atoms with van der Waals surface area (Å²) in [6.07, 6.45) is 0.229. The average Bonchev–Trinajstić information content (AvgIpc) is 2.56. The standard InChI is InChI=1S/C11H16BrN3O3/c1-11(2,3)18-10(17)13-4-5-15-8(7-16)6-9(12)14-15/h6-7H,4-5H2,1-3H3,(H,13,17). The molecule has 18 heavy (non-hydrogen) atoms. The normalized spacial score (nSPS) is 11.1. The lowest BCUT2D eigenvalue weighted by molar-refractivity contribution is 0.0525. The van der Waals surface area contributed by atoms with Crippen LogP contribution < -0.4 is 5.32 Å². The number of amides is 1. The van der Waals surface area contributed by atoms with Gasteiger partial charge in [-0.15, -0.1) is 0 Å². The molecule has 0 aliphatic carbocycles. The Bertz CT molecular complexity index is 437. The minimum atomic E-state index is -0.521. The Morgan fingerprint density at radius 1 is 1.61 bits per heavy atom. The summed E-state index contributed by atoms with van der Waals surface area (Å²) in [7, 11) is 0. The second-order valence-electron chi connectivity index (χ2n) is 4.66. The molecule has 1 aromatic rings. The van der Waals surface area contributed by atoms with Crippen molar-refractivity contribution in [2.45, 2.75) is 32.9 Å². The van der Waals surface area contributed by atoms with E-state index in [2.05, 4.69) is 26.3 Å². The third-order valence-electron chi connectivity index (χ3n) is 1.89. The maximum Gasteiger partial charge on any atom is 0.407 e. The first kappa shape index (κ1) is 14.7. The summed E-state index contributed by atoms with van der Waals surface area (Å²) in [6.45, 7) is 6.12. The maximum absolute atomic E-state index is 11.4. The minimum Gasteiger partial charge on any atom is -0.444 e. The molecule has 0 atom stereocenters. The lowest BCUT2D eigenvalue weighted by Gasteiger charge is -2.19. The van der Waals surface area contributed by atoms with Crippen molar-refractivity contribution < 1.29 is 14.3 Å². The zero-order chi connectivity index (χ0) is 13.8. The second-order valence-corrected chi connectivity index (χ2v) is 5.47. The molecule has 0 spiro atoms. The molecular weight excluding hydrogens is 302 g/mol. The molecular formula is C11H16BrN3O3. The Morgan fingerprint density at radius 3 is 2.83 bits per heavy atom. The van der Waals surface area contributed by atoms with Crippen molar-refractivity contribution in [3.8, 4) is 0 Å². The van der Waals surface area contributed by atoms with E-state index in [0.29, 0.717) is 29.7 Å². The topological polar surface area (TPSA) is 73.2 Å². The summed E-state index contributed by atoms with van der Waals surface area (Å²) < 4.78 is 7.17. The molecule has 0 bridgehead atoms. The van der Waals surface area contributed by atoms with E-state index in [1.54, 1.807) is 26.8 Å². The SMILES string of the molecule is CC(C)(C)OC(=O)NCCn1nc(Br)cc1C=O. The lowest BCUT2D eigenvalue weighted by atomic mass is 10.2. The molecule has 0 fully saturated rings. The van der Waals surface area contributed by atoms with Crippen LogP contribution in [-0.2, 0) is 11.3 Å². The van der Waals surface area contributed by atoms with Crippen LogP contribution in [0.3, 0.4) is 0 Å². The van der Waals surface area contributed by atoms with Gasteiger partial charge in [0, 0.05) is 12.6 Å². The molecule has 0 aliphatic heterocycles. The fourth-order valence-corrected chi connectivity index (χ4v) is 1.68. The molecule has 6 nitrogen and oxygen atoms in total. The predicted octanol–water partition coefficient (Wildman–Crippen LogP) is 1.98. The van der Waals surface area contributed by atoms with Crippen molar-refractivity contribution in [2.75, 3.05) is 6.54 Å². The quantitative estimate of drug-likeness (QED) is 0.862. The van der Waals surface area contributed by atoms with Crippen molar-refractivity contribution in [3.63, 3.8) is 0 Å². The molecule has 1 rings (SSSR count). The fraction of sp³-hybridized carbons (Fsp3) is 0.545. The van der Waals surface area contributed by atoms with Crippen molar-refractivity contribution in [2.24, 2.45) is 0 Å². The molecule has 100 valence electrons. The molecule has 0 aliphatic rings. The van der Waals surface area contributed by atoms with E-state index >= 15 is 0 Å². The van der Waals surface area contributed by atoms with Crippen molar-refractivity contribution >= 4 is 28.3 Å². The number of carbonyl (C=O) groups is 2. The monoisotopic (exact) mass is 317 g/mol. The minimum absolute atomic E-state index is 0.337. The van der Waals surface area contributed by atoms with Gasteiger partial charge in [-0.25, -0.2) is 4.79 Å². The molecule has 1 N–H and O–H groups in total. The highest BCUT2D eigenvalue weighted by atomic mass is 79.9. The van der Waals surface area contributed by atoms with Gasteiger partial charge in [0.25, 0.3) is 0 Å². The van der Waals surface area contributed by atoms with E-state index < -0.39 is 11.7 Å². The number of ether oxygens (including phenoxy) is 1. The number of hydrogen-bond acceptors (Lipinski definition) is 4. The second kappa shape index (κ2) is 5.99. The number of aldehydes is 1. The van der Waals surface area contributed by atoms with Crippen LogP contribution in [0.1, 0.15) is 31.3 Å². The summed E-state index contributed by atoms with van der Waals surface area (Å²) in [5.74, 6) is 0. The van der Waals surface area contributed by atoms with Gasteiger partial charge in [-0.05, 0) is 36.7 Å². The third-order valence-corrected chi connectivity index (χ3v) is 2.28. The van der Waals surface area contributed by atoms with Crippen molar-refractivity contribution in [3.05, 3.63) is 16.4 Å². The van der Waals surface area contributed by atoms with Crippen LogP contribution in [0.5, 0.6) is 0 Å². The Hall–Kier alpha value is -1.37. The van der Waals surface area contributed by atoms with E-state index in [1.165, 1.54) is 4.68 Å².